The van der Waals surface area contributed by atoms with Crippen molar-refractivity contribution >= 4 is 35.1 Å². The molecule has 5 rings (SSSR count). The molecule has 9 nitrogen and oxygen atoms in total. The number of pyridine rings is 2. The molecule has 0 spiro atoms. The summed E-state index contributed by atoms with van der Waals surface area (Å²) in [7, 11) is 0. The van der Waals surface area contributed by atoms with E-state index in [0.29, 0.717) is 23.6 Å². The highest BCUT2D eigenvalue weighted by Gasteiger charge is 2.16. The van der Waals surface area contributed by atoms with Gasteiger partial charge in [-0.25, -0.2) is 23.9 Å². The van der Waals surface area contributed by atoms with Gasteiger partial charge in [-0.2, -0.15) is 5.10 Å². The SMILES string of the molecule is CC(C)c1cnn2ccc(-c3nc(Nc4ccc(N5CC=NC=CC5=O)cn4)ncc3F)cc12. The van der Waals surface area contributed by atoms with Crippen LogP contribution in [0.1, 0.15) is 25.3 Å². The first-order chi connectivity index (χ1) is 16.5. The van der Waals surface area contributed by atoms with Crippen molar-refractivity contribution < 1.29 is 9.18 Å². The minimum atomic E-state index is -0.529. The van der Waals surface area contributed by atoms with E-state index in [1.165, 1.54) is 12.3 Å². The lowest BCUT2D eigenvalue weighted by molar-refractivity contribution is -0.114. The van der Waals surface area contributed by atoms with E-state index < -0.39 is 5.82 Å². The molecule has 10 heteroatoms. The first-order valence-corrected chi connectivity index (χ1v) is 10.7. The van der Waals surface area contributed by atoms with Crippen LogP contribution in [0.15, 0.2) is 66.3 Å². The number of nitrogens with zero attached hydrogens (tertiary/aromatic N) is 7. The van der Waals surface area contributed by atoms with Crippen LogP contribution in [0.4, 0.5) is 21.8 Å². The lowest BCUT2D eigenvalue weighted by Gasteiger charge is -2.18. The molecule has 0 radical (unpaired) electrons. The van der Waals surface area contributed by atoms with Crippen molar-refractivity contribution in [1.29, 1.82) is 0 Å². The van der Waals surface area contributed by atoms with Crippen molar-refractivity contribution in [3.63, 3.8) is 0 Å². The van der Waals surface area contributed by atoms with Gasteiger partial charge in [-0.15, -0.1) is 0 Å². The number of halogens is 1. The van der Waals surface area contributed by atoms with Crippen LogP contribution in [-0.4, -0.2) is 43.2 Å². The van der Waals surface area contributed by atoms with Gasteiger partial charge in [0.2, 0.25) is 5.95 Å². The fraction of sp³-hybridized carbons (Fsp3) is 0.167. The topological polar surface area (TPSA) is 101 Å². The molecular formula is C24H21FN8O. The highest BCUT2D eigenvalue weighted by atomic mass is 19.1. The van der Waals surface area contributed by atoms with Gasteiger partial charge in [-0.05, 0) is 30.2 Å². The zero-order chi connectivity index (χ0) is 23.7. The summed E-state index contributed by atoms with van der Waals surface area (Å²) in [5, 5.41) is 7.35. The van der Waals surface area contributed by atoms with Gasteiger partial charge in [0, 0.05) is 35.8 Å². The summed E-state index contributed by atoms with van der Waals surface area (Å²) in [6, 6.07) is 7.10. The smallest absolute Gasteiger partial charge is 0.252 e. The summed E-state index contributed by atoms with van der Waals surface area (Å²) in [6.45, 7) is 4.52. The third-order valence-corrected chi connectivity index (χ3v) is 5.43. The molecule has 170 valence electrons. The Morgan fingerprint density at radius 1 is 1.12 bits per heavy atom. The summed E-state index contributed by atoms with van der Waals surface area (Å²) in [5.74, 6) is 0.235. The standard InChI is InChI=1S/C24H21FN8O/c1-15(2)18-13-29-33-9-6-16(11-20(18)33)23-19(25)14-28-24(31-23)30-21-4-3-17(12-27-21)32-10-8-26-7-5-22(32)34/h3-9,11-15H,10H2,1-2H3,(H,27,28,30,31). The molecule has 0 unspecified atom stereocenters. The van der Waals surface area contributed by atoms with Crippen molar-refractivity contribution in [3.8, 4) is 11.3 Å². The Hall–Kier alpha value is -4.47. The van der Waals surface area contributed by atoms with Crippen LogP contribution in [-0.2, 0) is 4.79 Å². The van der Waals surface area contributed by atoms with Crippen LogP contribution >= 0.6 is 0 Å². The second kappa shape index (κ2) is 8.81. The second-order valence-corrected chi connectivity index (χ2v) is 8.01. The number of anilines is 3. The van der Waals surface area contributed by atoms with E-state index in [0.717, 1.165) is 17.3 Å². The maximum absolute atomic E-state index is 14.7. The largest absolute Gasteiger partial charge is 0.309 e. The first kappa shape index (κ1) is 21.4. The summed E-state index contributed by atoms with van der Waals surface area (Å²) < 4.78 is 16.4. The van der Waals surface area contributed by atoms with Crippen molar-refractivity contribution in [3.05, 3.63) is 72.7 Å². The Balaban J connectivity index is 1.41. The quantitative estimate of drug-likeness (QED) is 0.485. The molecule has 0 saturated heterocycles. The lowest BCUT2D eigenvalue weighted by Crippen LogP contribution is -2.30. The van der Waals surface area contributed by atoms with Gasteiger partial charge in [-0.1, -0.05) is 13.8 Å². The Labute approximate surface area is 194 Å². The van der Waals surface area contributed by atoms with Gasteiger partial charge < -0.3 is 10.2 Å². The van der Waals surface area contributed by atoms with Gasteiger partial charge in [0.25, 0.3) is 5.91 Å². The fourth-order valence-corrected chi connectivity index (χ4v) is 3.66. The van der Waals surface area contributed by atoms with Crippen molar-refractivity contribution in [1.82, 2.24) is 24.6 Å². The molecule has 0 fully saturated rings. The minimum absolute atomic E-state index is 0.175. The van der Waals surface area contributed by atoms with Crippen LogP contribution in [0.5, 0.6) is 0 Å². The Bertz CT molecular complexity index is 1420. The lowest BCUT2D eigenvalue weighted by atomic mass is 10.0. The molecule has 34 heavy (non-hydrogen) atoms. The molecule has 5 heterocycles. The van der Waals surface area contributed by atoms with Gasteiger partial charge >= 0.3 is 0 Å². The molecule has 0 aliphatic carbocycles. The number of aliphatic imine (C=N–C) groups is 1. The van der Waals surface area contributed by atoms with Crippen LogP contribution < -0.4 is 10.2 Å². The summed E-state index contributed by atoms with van der Waals surface area (Å²) in [4.78, 5) is 30.5. The molecule has 0 atom stereocenters. The third kappa shape index (κ3) is 4.13. The molecule has 1 aliphatic rings. The van der Waals surface area contributed by atoms with Gasteiger partial charge in [-0.3, -0.25) is 9.79 Å². The molecule has 0 bridgehead atoms. The van der Waals surface area contributed by atoms with Crippen molar-refractivity contribution in [2.45, 2.75) is 19.8 Å². The number of amides is 1. The monoisotopic (exact) mass is 456 g/mol. The zero-order valence-electron chi connectivity index (χ0n) is 18.6. The van der Waals surface area contributed by atoms with Gasteiger partial charge in [0.05, 0.1) is 36.3 Å². The highest BCUT2D eigenvalue weighted by Crippen LogP contribution is 2.27. The van der Waals surface area contributed by atoms with E-state index >= 15 is 0 Å². The first-order valence-electron chi connectivity index (χ1n) is 10.7. The van der Waals surface area contributed by atoms with Crippen molar-refractivity contribution in [2.75, 3.05) is 16.8 Å². The molecule has 0 saturated carbocycles. The minimum Gasteiger partial charge on any atom is -0.309 e. The number of aromatic nitrogens is 5. The maximum atomic E-state index is 14.7. The van der Waals surface area contributed by atoms with Crippen molar-refractivity contribution in [2.24, 2.45) is 4.99 Å². The molecule has 1 aliphatic heterocycles. The number of rotatable bonds is 5. The fourth-order valence-electron chi connectivity index (χ4n) is 3.66. The highest BCUT2D eigenvalue weighted by molar-refractivity contribution is 6.04. The van der Waals surface area contributed by atoms with Crippen LogP contribution in [0, 0.1) is 5.82 Å². The van der Waals surface area contributed by atoms with E-state index in [1.807, 2.05) is 12.3 Å². The summed E-state index contributed by atoms with van der Waals surface area (Å²) in [5.41, 5.74) is 3.40. The number of fused-ring (bicyclic) bond motifs is 1. The summed E-state index contributed by atoms with van der Waals surface area (Å²) >= 11 is 0. The average molecular weight is 456 g/mol. The predicted molar refractivity (Wildman–Crippen MR) is 128 cm³/mol. The number of carbonyl (C=O) groups is 1. The van der Waals surface area contributed by atoms with Crippen LogP contribution in [0.25, 0.3) is 16.8 Å². The summed E-state index contributed by atoms with van der Waals surface area (Å²) in [6.07, 6.45) is 10.8. The Morgan fingerprint density at radius 2 is 2.00 bits per heavy atom. The zero-order valence-corrected chi connectivity index (χ0v) is 18.6. The molecule has 1 amide bonds. The number of hydrogen-bond donors (Lipinski definition) is 1. The number of hydrogen-bond acceptors (Lipinski definition) is 7. The second-order valence-electron chi connectivity index (χ2n) is 8.01. The third-order valence-electron chi connectivity index (χ3n) is 5.43. The van der Waals surface area contributed by atoms with Gasteiger partial charge in [0.1, 0.15) is 11.5 Å². The van der Waals surface area contributed by atoms with E-state index in [1.54, 1.807) is 46.2 Å². The maximum Gasteiger partial charge on any atom is 0.252 e. The van der Waals surface area contributed by atoms with Crippen LogP contribution in [0.2, 0.25) is 0 Å². The van der Waals surface area contributed by atoms with Gasteiger partial charge in [0.15, 0.2) is 5.82 Å². The molecule has 4 aromatic heterocycles. The van der Waals surface area contributed by atoms with E-state index in [-0.39, 0.29) is 23.5 Å². The van der Waals surface area contributed by atoms with E-state index in [4.69, 9.17) is 0 Å². The van der Waals surface area contributed by atoms with Crippen LogP contribution in [0.3, 0.4) is 0 Å². The predicted octanol–water partition coefficient (Wildman–Crippen LogP) is 4.12. The normalized spacial score (nSPS) is 13.6. The van der Waals surface area contributed by atoms with E-state index in [2.05, 4.69) is 44.2 Å². The Morgan fingerprint density at radius 3 is 2.79 bits per heavy atom. The Kier molecular flexibility index (Phi) is 5.54. The molecule has 1 N–H and O–H groups in total. The molecular weight excluding hydrogens is 435 g/mol. The molecule has 0 aromatic carbocycles. The number of nitrogens with one attached hydrogen (secondary N) is 1. The van der Waals surface area contributed by atoms with E-state index in [9.17, 15) is 9.18 Å². The molecule has 4 aromatic rings. The number of carbonyl (C=O) groups excluding carboxylic acids is 1. The average Bonchev–Trinajstić information content (AvgIpc) is 3.15.